The Morgan fingerprint density at radius 1 is 1.14 bits per heavy atom. The van der Waals surface area contributed by atoms with Crippen LogP contribution in [0.1, 0.15) is 11.3 Å². The smallest absolute Gasteiger partial charge is 0.0798 e. The van der Waals surface area contributed by atoms with E-state index in [0.717, 1.165) is 10.2 Å². The number of hydrogen-bond acceptors (Lipinski definition) is 2. The van der Waals surface area contributed by atoms with E-state index < -0.39 is 0 Å². The van der Waals surface area contributed by atoms with Crippen LogP contribution in [-0.2, 0) is 0 Å². The molecule has 0 fully saturated rings. The van der Waals surface area contributed by atoms with E-state index >= 15 is 0 Å². The van der Waals surface area contributed by atoms with Gasteiger partial charge in [0.05, 0.1) is 11.2 Å². The molecule has 2 aromatic rings. The number of nitrogens with zero attached hydrogens (tertiary/aromatic N) is 1. The molecule has 0 atom stereocenters. The maximum Gasteiger partial charge on any atom is 0.0798 e. The van der Waals surface area contributed by atoms with Crippen molar-refractivity contribution in [3.05, 3.63) is 50.9 Å². The molecule has 0 radical (unpaired) electrons. The van der Waals surface area contributed by atoms with Gasteiger partial charge in [-0.3, -0.25) is 0 Å². The molecule has 70 valence electrons. The summed E-state index contributed by atoms with van der Waals surface area (Å²) in [6.45, 7) is 0. The molecule has 3 heteroatoms. The predicted octanol–water partition coefficient (Wildman–Crippen LogP) is 4.08. The van der Waals surface area contributed by atoms with E-state index in [1.807, 2.05) is 29.1 Å². The Morgan fingerprint density at radius 2 is 1.93 bits per heavy atom. The maximum absolute atomic E-state index is 4.17. The normalized spacial score (nSPS) is 10.9. The predicted molar refractivity (Wildman–Crippen MR) is 65.2 cm³/mol. The Kier molecular flexibility index (Phi) is 3.11. The average molecular weight is 266 g/mol. The van der Waals surface area contributed by atoms with Crippen molar-refractivity contribution in [3.63, 3.8) is 0 Å². The number of thiazole rings is 1. The molecule has 14 heavy (non-hydrogen) atoms. The molecule has 0 aliphatic heterocycles. The Balaban J connectivity index is 2.15. The van der Waals surface area contributed by atoms with E-state index in [9.17, 15) is 0 Å². The van der Waals surface area contributed by atoms with Gasteiger partial charge in [-0.2, -0.15) is 0 Å². The monoisotopic (exact) mass is 265 g/mol. The molecular formula is C11H8BrNS. The van der Waals surface area contributed by atoms with Crippen LogP contribution in [0.15, 0.2) is 39.6 Å². The van der Waals surface area contributed by atoms with Crippen LogP contribution in [0.3, 0.4) is 0 Å². The summed E-state index contributed by atoms with van der Waals surface area (Å²) in [6.07, 6.45) is 4.07. The van der Waals surface area contributed by atoms with Gasteiger partial charge in [0.2, 0.25) is 0 Å². The maximum atomic E-state index is 4.17. The lowest BCUT2D eigenvalue weighted by atomic mass is 10.2. The molecule has 0 saturated carbocycles. The molecule has 0 bridgehead atoms. The molecule has 0 aliphatic rings. The number of rotatable bonds is 2. The topological polar surface area (TPSA) is 12.9 Å². The minimum absolute atomic E-state index is 1.01. The first-order valence-corrected chi connectivity index (χ1v) is 5.90. The Hall–Kier alpha value is -0.930. The van der Waals surface area contributed by atoms with Crippen LogP contribution >= 0.6 is 27.3 Å². The lowest BCUT2D eigenvalue weighted by molar-refractivity contribution is 1.39. The van der Waals surface area contributed by atoms with E-state index in [1.54, 1.807) is 11.3 Å². The number of aromatic nitrogens is 1. The first kappa shape index (κ1) is 9.62. The van der Waals surface area contributed by atoms with Crippen LogP contribution in [0, 0.1) is 0 Å². The zero-order valence-corrected chi connectivity index (χ0v) is 9.75. The largest absolute Gasteiger partial charge is 0.245 e. The minimum Gasteiger partial charge on any atom is -0.245 e. The molecule has 0 saturated heterocycles. The van der Waals surface area contributed by atoms with Gasteiger partial charge in [0.1, 0.15) is 0 Å². The molecule has 0 aliphatic carbocycles. The van der Waals surface area contributed by atoms with Gasteiger partial charge < -0.3 is 0 Å². The molecule has 0 amide bonds. The zero-order chi connectivity index (χ0) is 9.80. The van der Waals surface area contributed by atoms with Crippen molar-refractivity contribution in [1.82, 2.24) is 4.98 Å². The average Bonchev–Trinajstić information content (AvgIpc) is 2.70. The van der Waals surface area contributed by atoms with Crippen LogP contribution in [0.5, 0.6) is 0 Å². The third-order valence-electron chi connectivity index (χ3n) is 1.77. The van der Waals surface area contributed by atoms with Crippen LogP contribution in [0.2, 0.25) is 0 Å². The van der Waals surface area contributed by atoms with Gasteiger partial charge in [0.25, 0.3) is 0 Å². The van der Waals surface area contributed by atoms with Gasteiger partial charge in [-0.15, -0.1) is 11.3 Å². The Labute approximate surface area is 95.3 Å². The molecule has 1 aromatic carbocycles. The number of benzene rings is 1. The number of halogens is 1. The van der Waals surface area contributed by atoms with Crippen molar-refractivity contribution in [2.24, 2.45) is 0 Å². The Morgan fingerprint density at radius 3 is 2.57 bits per heavy atom. The van der Waals surface area contributed by atoms with Gasteiger partial charge in [-0.1, -0.05) is 34.1 Å². The molecule has 2 rings (SSSR count). The second-order valence-electron chi connectivity index (χ2n) is 2.80. The molecule has 0 unspecified atom stereocenters. The standard InChI is InChI=1S/C11H8BrNS/c12-10-4-1-9(2-5-10)3-6-11-7-14-8-13-11/h1-8H/b6-3+. The van der Waals surface area contributed by atoms with Crippen molar-refractivity contribution in [2.45, 2.75) is 0 Å². The second kappa shape index (κ2) is 4.53. The molecule has 0 spiro atoms. The third kappa shape index (κ3) is 2.53. The summed E-state index contributed by atoms with van der Waals surface area (Å²) in [5, 5.41) is 2.02. The zero-order valence-electron chi connectivity index (χ0n) is 7.35. The molecule has 1 nitrogen and oxygen atoms in total. The van der Waals surface area contributed by atoms with E-state index in [2.05, 4.69) is 39.1 Å². The summed E-state index contributed by atoms with van der Waals surface area (Å²) >= 11 is 5.01. The highest BCUT2D eigenvalue weighted by molar-refractivity contribution is 9.10. The van der Waals surface area contributed by atoms with Crippen molar-refractivity contribution in [2.75, 3.05) is 0 Å². The lowest BCUT2D eigenvalue weighted by Crippen LogP contribution is -1.71. The summed E-state index contributed by atoms with van der Waals surface area (Å²) in [5.41, 5.74) is 4.03. The van der Waals surface area contributed by atoms with Crippen LogP contribution < -0.4 is 0 Å². The van der Waals surface area contributed by atoms with Crippen molar-refractivity contribution < 1.29 is 0 Å². The van der Waals surface area contributed by atoms with Crippen molar-refractivity contribution in [1.29, 1.82) is 0 Å². The highest BCUT2D eigenvalue weighted by Crippen LogP contribution is 2.13. The summed E-state index contributed by atoms with van der Waals surface area (Å²) in [7, 11) is 0. The van der Waals surface area contributed by atoms with E-state index in [0.29, 0.717) is 0 Å². The summed E-state index contributed by atoms with van der Waals surface area (Å²) in [4.78, 5) is 4.17. The SMILES string of the molecule is Brc1ccc(/C=C/c2cscn2)cc1. The third-order valence-corrected chi connectivity index (χ3v) is 2.90. The van der Waals surface area contributed by atoms with Crippen LogP contribution in [0.4, 0.5) is 0 Å². The number of hydrogen-bond donors (Lipinski definition) is 0. The minimum atomic E-state index is 1.01. The highest BCUT2D eigenvalue weighted by atomic mass is 79.9. The fourth-order valence-corrected chi connectivity index (χ4v) is 1.85. The van der Waals surface area contributed by atoms with E-state index in [4.69, 9.17) is 0 Å². The van der Waals surface area contributed by atoms with Crippen LogP contribution in [-0.4, -0.2) is 4.98 Å². The first-order valence-electron chi connectivity index (χ1n) is 4.16. The lowest BCUT2D eigenvalue weighted by Gasteiger charge is -1.92. The van der Waals surface area contributed by atoms with Crippen LogP contribution in [0.25, 0.3) is 12.2 Å². The molecular weight excluding hydrogens is 258 g/mol. The van der Waals surface area contributed by atoms with E-state index in [1.165, 1.54) is 5.56 Å². The van der Waals surface area contributed by atoms with Gasteiger partial charge in [0.15, 0.2) is 0 Å². The molecule has 1 aromatic heterocycles. The summed E-state index contributed by atoms with van der Waals surface area (Å²) in [5.74, 6) is 0. The quantitative estimate of drug-likeness (QED) is 0.798. The summed E-state index contributed by atoms with van der Waals surface area (Å²) < 4.78 is 1.10. The van der Waals surface area contributed by atoms with Gasteiger partial charge in [-0.25, -0.2) is 4.98 Å². The van der Waals surface area contributed by atoms with Crippen molar-refractivity contribution in [3.8, 4) is 0 Å². The first-order chi connectivity index (χ1) is 6.84. The van der Waals surface area contributed by atoms with Gasteiger partial charge >= 0.3 is 0 Å². The van der Waals surface area contributed by atoms with Crippen molar-refractivity contribution >= 4 is 39.4 Å². The van der Waals surface area contributed by atoms with Gasteiger partial charge in [0, 0.05) is 9.85 Å². The fraction of sp³-hybridized carbons (Fsp3) is 0. The molecule has 0 N–H and O–H groups in total. The summed E-state index contributed by atoms with van der Waals surface area (Å²) in [6, 6.07) is 8.18. The fourth-order valence-electron chi connectivity index (χ4n) is 1.06. The highest BCUT2D eigenvalue weighted by Gasteiger charge is 1.89. The second-order valence-corrected chi connectivity index (χ2v) is 4.43. The molecule has 1 heterocycles. The Bertz CT molecular complexity index is 417. The van der Waals surface area contributed by atoms with E-state index in [-0.39, 0.29) is 0 Å². The van der Waals surface area contributed by atoms with Gasteiger partial charge in [-0.05, 0) is 23.8 Å².